The summed E-state index contributed by atoms with van der Waals surface area (Å²) in [6.45, 7) is 2.77. The van der Waals surface area contributed by atoms with E-state index in [1.54, 1.807) is 6.20 Å². The van der Waals surface area contributed by atoms with Crippen molar-refractivity contribution in [3.63, 3.8) is 0 Å². The van der Waals surface area contributed by atoms with Crippen molar-refractivity contribution < 1.29 is 63.3 Å². The van der Waals surface area contributed by atoms with Gasteiger partial charge in [-0.25, -0.2) is 9.97 Å². The Morgan fingerprint density at radius 2 is 1.15 bits per heavy atom. The molecule has 14 rings (SSSR count). The van der Waals surface area contributed by atoms with Crippen LogP contribution in [0.3, 0.4) is 0 Å². The molecule has 0 bridgehead atoms. The molecular weight excluding hydrogens is 1290 g/mol. The van der Waals surface area contributed by atoms with Crippen LogP contribution >= 0.6 is 0 Å². The van der Waals surface area contributed by atoms with Gasteiger partial charge in [0.05, 0.1) is 23.7 Å². The molecule has 80 heavy (non-hydrogen) atoms. The number of para-hydroxylation sites is 4. The van der Waals surface area contributed by atoms with Gasteiger partial charge >= 0.3 is 0 Å². The fraction of sp³-hybridized carbons (Fsp3) is 0.0455. The Bertz CT molecular complexity index is 3800. The number of anilines is 8. The summed E-state index contributed by atoms with van der Waals surface area (Å²) in [5.41, 5.74) is 8.52. The van der Waals surface area contributed by atoms with Crippen LogP contribution in [-0.4, -0.2) is 40.5 Å². The number of halogens is 1. The number of pyridine rings is 2. The molecule has 0 aliphatic carbocycles. The molecule has 12 nitrogen and oxygen atoms in total. The molecule has 0 spiro atoms. The van der Waals surface area contributed by atoms with Gasteiger partial charge in [-0.05, 0) is 98.3 Å². The number of hydrogen-bond acceptors (Lipinski definition) is 12. The summed E-state index contributed by atoms with van der Waals surface area (Å²) < 4.78 is 25.8. The summed E-state index contributed by atoms with van der Waals surface area (Å²) in [5, 5.41) is 3.95. The average Bonchev–Trinajstić information content (AvgIpc) is 4.35. The van der Waals surface area contributed by atoms with Crippen molar-refractivity contribution in [2.45, 2.75) is 0 Å². The summed E-state index contributed by atoms with van der Waals surface area (Å²) in [6, 6.07) is 75.3. The molecule has 4 aromatic heterocycles. The second-order valence-corrected chi connectivity index (χ2v) is 18.7. The van der Waals surface area contributed by atoms with Gasteiger partial charge in [0.2, 0.25) is 0 Å². The minimum absolute atomic E-state index is 0. The van der Waals surface area contributed by atoms with Crippen LogP contribution in [0.5, 0.6) is 23.0 Å². The van der Waals surface area contributed by atoms with E-state index in [1.165, 1.54) is 0 Å². The summed E-state index contributed by atoms with van der Waals surface area (Å²) in [4.78, 5) is 21.8. The number of furan rings is 2. The van der Waals surface area contributed by atoms with Crippen LogP contribution in [0.2, 0.25) is 0 Å². The second-order valence-electron chi connectivity index (χ2n) is 18.7. The van der Waals surface area contributed by atoms with Crippen molar-refractivity contribution in [1.82, 2.24) is 19.8 Å². The van der Waals surface area contributed by atoms with Crippen LogP contribution in [0.15, 0.2) is 252 Å². The van der Waals surface area contributed by atoms with Crippen LogP contribution in [-0.2, 0) is 21.1 Å². The van der Waals surface area contributed by atoms with Gasteiger partial charge in [-0.3, -0.25) is 4.90 Å². The van der Waals surface area contributed by atoms with E-state index in [9.17, 15) is 0 Å². The molecule has 2 aliphatic heterocycles. The Kier molecular flexibility index (Phi) is 15.6. The first-order chi connectivity index (χ1) is 38.5. The van der Waals surface area contributed by atoms with Crippen LogP contribution < -0.4 is 53.1 Å². The van der Waals surface area contributed by atoms with Gasteiger partial charge in [0.25, 0.3) is 0 Å². The molecular formula is C66H49IN8O4Pt-4. The van der Waals surface area contributed by atoms with Crippen LogP contribution in [0.4, 0.5) is 45.8 Å². The number of benzene rings is 8. The number of rotatable bonds is 12. The largest absolute Gasteiger partial charge is 1.00 e. The number of nitrogens with zero attached hydrogens (tertiary/aromatic N) is 8. The molecule has 398 valence electrons. The van der Waals surface area contributed by atoms with E-state index < -0.39 is 0 Å². The smallest absolute Gasteiger partial charge is 0.178 e. The molecule has 0 saturated heterocycles. The number of ether oxygens (including phenoxy) is 2. The zero-order valence-electron chi connectivity index (χ0n) is 43.3. The van der Waals surface area contributed by atoms with Gasteiger partial charge in [0, 0.05) is 104 Å². The Balaban J connectivity index is 0.000000165. The van der Waals surface area contributed by atoms with Crippen molar-refractivity contribution in [1.29, 1.82) is 0 Å². The van der Waals surface area contributed by atoms with Gasteiger partial charge in [0.15, 0.2) is 11.3 Å². The molecule has 0 saturated carbocycles. The summed E-state index contributed by atoms with van der Waals surface area (Å²) in [5.74, 6) is 3.99. The SMILES string of the molecule is CN1C=CN(c2[c-]c(Oc3[c-]c(N(c4ccccc4)c4ccccn4)cc4c3oc3ccccc34)ccc2)[CH-]1.CN1C=CN(c2cccc(Oc3cc(N(c4ccccc4)c4ccccn4)cc4c3oc3ccccc34)c2)C1.[I-].[Pt]. The van der Waals surface area contributed by atoms with Gasteiger partial charge in [-0.1, -0.05) is 102 Å². The van der Waals surface area contributed by atoms with E-state index in [4.69, 9.17) is 18.3 Å². The van der Waals surface area contributed by atoms with Gasteiger partial charge in [0.1, 0.15) is 28.6 Å². The van der Waals surface area contributed by atoms with Crippen molar-refractivity contribution >= 4 is 89.6 Å². The van der Waals surface area contributed by atoms with Crippen molar-refractivity contribution in [2.24, 2.45) is 0 Å². The van der Waals surface area contributed by atoms with E-state index >= 15 is 0 Å². The van der Waals surface area contributed by atoms with E-state index in [2.05, 4.69) is 122 Å². The maximum atomic E-state index is 6.61. The van der Waals surface area contributed by atoms with Gasteiger partial charge < -0.3 is 66.8 Å². The first kappa shape index (κ1) is 53.0. The van der Waals surface area contributed by atoms with Crippen molar-refractivity contribution in [3.05, 3.63) is 262 Å². The molecule has 8 aromatic carbocycles. The first-order valence-corrected chi connectivity index (χ1v) is 25.5. The number of aromatic nitrogens is 2. The van der Waals surface area contributed by atoms with Crippen LogP contribution in [0.25, 0.3) is 43.9 Å². The molecule has 0 N–H and O–H groups in total. The Labute approximate surface area is 494 Å². The third-order valence-corrected chi connectivity index (χ3v) is 13.3. The van der Waals surface area contributed by atoms with Gasteiger partial charge in [-0.15, -0.1) is 36.0 Å². The summed E-state index contributed by atoms with van der Waals surface area (Å²) >= 11 is 0. The molecule has 12 aromatic rings. The first-order valence-electron chi connectivity index (χ1n) is 25.5. The molecule has 0 radical (unpaired) electrons. The summed E-state index contributed by atoms with van der Waals surface area (Å²) in [7, 11) is 4.04. The maximum Gasteiger partial charge on any atom is 0.178 e. The average molecular weight is 1340 g/mol. The van der Waals surface area contributed by atoms with E-state index in [0.717, 1.165) is 90.9 Å². The Hall–Kier alpha value is -9.04. The topological polar surface area (TPSA) is 90.0 Å². The second kappa shape index (κ2) is 23.5. The maximum absolute atomic E-state index is 6.61. The van der Waals surface area contributed by atoms with E-state index in [1.807, 2.05) is 188 Å². The quantitative estimate of drug-likeness (QED) is 0.0862. The van der Waals surface area contributed by atoms with Crippen LogP contribution in [0, 0.1) is 18.8 Å². The molecule has 0 unspecified atom stereocenters. The minimum atomic E-state index is 0. The molecule has 0 amide bonds. The molecule has 14 heteroatoms. The standard InChI is InChI=1S/C33H26N4O2.C33H23N4O2.HI.Pt/c2*1-35-18-19-36(23-35)25-12-9-13-27(20-25)38-31-22-26(21-29-28-14-5-6-15-30(28)39-33(29)31)37(24-10-3-2-4-11-24)32-16-7-8-17-34-32;;/h2-22H,23H2,1H3;2-19,21,23H,1H3;1H;/q;-3;;/p-1. The zero-order chi connectivity index (χ0) is 52.4. The van der Waals surface area contributed by atoms with Crippen molar-refractivity contribution in [3.8, 4) is 23.0 Å². The Morgan fingerprint density at radius 3 is 1.80 bits per heavy atom. The summed E-state index contributed by atoms with van der Waals surface area (Å²) in [6.07, 6.45) is 11.7. The zero-order valence-corrected chi connectivity index (χ0v) is 47.7. The predicted molar refractivity (Wildman–Crippen MR) is 311 cm³/mol. The van der Waals surface area contributed by atoms with Crippen LogP contribution in [0.1, 0.15) is 0 Å². The molecule has 2 aliphatic rings. The fourth-order valence-electron chi connectivity index (χ4n) is 9.73. The van der Waals surface area contributed by atoms with Gasteiger partial charge in [-0.2, -0.15) is 12.7 Å². The normalized spacial score (nSPS) is 12.6. The fourth-order valence-corrected chi connectivity index (χ4v) is 9.73. The molecule has 0 atom stereocenters. The van der Waals surface area contributed by atoms with E-state index in [-0.39, 0.29) is 45.0 Å². The minimum Gasteiger partial charge on any atom is -1.00 e. The third kappa shape index (κ3) is 10.9. The monoisotopic (exact) mass is 1340 g/mol. The number of fused-ring (bicyclic) bond motifs is 6. The molecule has 6 heterocycles. The number of hydrogen-bond donors (Lipinski definition) is 0. The third-order valence-electron chi connectivity index (χ3n) is 13.3. The predicted octanol–water partition coefficient (Wildman–Crippen LogP) is 13.6. The Morgan fingerprint density at radius 1 is 0.525 bits per heavy atom. The van der Waals surface area contributed by atoms with Crippen molar-refractivity contribution in [2.75, 3.05) is 40.4 Å². The van der Waals surface area contributed by atoms with E-state index in [0.29, 0.717) is 28.4 Å². The molecule has 0 fully saturated rings.